The quantitative estimate of drug-likeness (QED) is 0.294. The maximum atomic E-state index is 13.1. The minimum atomic E-state index is -0.943. The van der Waals surface area contributed by atoms with Crippen LogP contribution in [0.25, 0.3) is 6.08 Å². The molecule has 9 nitrogen and oxygen atoms in total. The number of ether oxygens (including phenoxy) is 1. The molecule has 1 aliphatic carbocycles. The first kappa shape index (κ1) is 26.1. The van der Waals surface area contributed by atoms with Crippen molar-refractivity contribution in [2.24, 2.45) is 0 Å². The van der Waals surface area contributed by atoms with Crippen LogP contribution in [0.1, 0.15) is 44.3 Å². The summed E-state index contributed by atoms with van der Waals surface area (Å²) < 4.78 is 6.02. The molecule has 3 N–H and O–H groups in total. The molecule has 0 aliphatic heterocycles. The van der Waals surface area contributed by atoms with Gasteiger partial charge in [-0.1, -0.05) is 41.7 Å². The highest BCUT2D eigenvalue weighted by Gasteiger charge is 2.24. The summed E-state index contributed by atoms with van der Waals surface area (Å²) in [4.78, 5) is 41.9. The van der Waals surface area contributed by atoms with Crippen molar-refractivity contribution >= 4 is 34.9 Å². The van der Waals surface area contributed by atoms with Crippen molar-refractivity contribution in [1.29, 1.82) is 0 Å². The van der Waals surface area contributed by atoms with E-state index >= 15 is 0 Å². The smallest absolute Gasteiger partial charge is 0.322 e. The first-order valence-corrected chi connectivity index (χ1v) is 13.4. The van der Waals surface area contributed by atoms with E-state index in [9.17, 15) is 14.4 Å². The van der Waals surface area contributed by atoms with Crippen LogP contribution in [-0.4, -0.2) is 33.0 Å². The third-order valence-electron chi connectivity index (χ3n) is 6.22. The van der Waals surface area contributed by atoms with Crippen LogP contribution in [0.3, 0.4) is 0 Å². The van der Waals surface area contributed by atoms with Gasteiger partial charge in [-0.3, -0.25) is 19.4 Å². The Balaban J connectivity index is 1.25. The number of benzene rings is 2. The van der Waals surface area contributed by atoms with Gasteiger partial charge in [-0.15, -0.1) is 0 Å². The predicted octanol–water partition coefficient (Wildman–Crippen LogP) is 4.05. The molecule has 39 heavy (non-hydrogen) atoms. The van der Waals surface area contributed by atoms with Gasteiger partial charge in [0.15, 0.2) is 0 Å². The Hall–Kier alpha value is -4.57. The van der Waals surface area contributed by atoms with Crippen LogP contribution < -0.4 is 20.2 Å². The molecule has 2 aromatic carbocycles. The highest BCUT2D eigenvalue weighted by atomic mass is 32.1. The van der Waals surface area contributed by atoms with Crippen molar-refractivity contribution in [2.45, 2.75) is 38.8 Å². The second kappa shape index (κ2) is 11.9. The molecule has 10 heteroatoms. The van der Waals surface area contributed by atoms with Crippen LogP contribution >= 0.6 is 11.3 Å². The van der Waals surface area contributed by atoms with Crippen LogP contribution in [0.15, 0.2) is 71.5 Å². The monoisotopic (exact) mass is 541 g/mol. The van der Waals surface area contributed by atoms with Gasteiger partial charge in [0.2, 0.25) is 5.91 Å². The number of allylic oxidation sites excluding steroid dienone is 1. The number of amides is 2. The molecule has 0 bridgehead atoms. The highest BCUT2D eigenvalue weighted by Crippen LogP contribution is 2.24. The summed E-state index contributed by atoms with van der Waals surface area (Å²) in [6.07, 6.45) is 6.23. The molecule has 1 aliphatic rings. The number of aryl methyl sites for hydroxylation is 2. The number of nitrogens with zero attached hydrogens (tertiary/aromatic N) is 2. The van der Waals surface area contributed by atoms with E-state index in [4.69, 9.17) is 4.74 Å². The Bertz CT molecular complexity index is 1560. The molecule has 2 aromatic heterocycles. The zero-order valence-electron chi connectivity index (χ0n) is 21.3. The van der Waals surface area contributed by atoms with Crippen molar-refractivity contribution < 1.29 is 14.3 Å². The lowest BCUT2D eigenvalue weighted by Crippen LogP contribution is -2.45. The summed E-state index contributed by atoms with van der Waals surface area (Å²) in [5.41, 5.74) is 5.21. The summed E-state index contributed by atoms with van der Waals surface area (Å²) >= 11 is 0.899. The molecule has 198 valence electrons. The maximum absolute atomic E-state index is 13.1. The molecule has 4 aromatic rings. The first-order chi connectivity index (χ1) is 18.9. The fourth-order valence-electron chi connectivity index (χ4n) is 4.34. The Morgan fingerprint density at radius 1 is 1.13 bits per heavy atom. The molecule has 0 saturated carbocycles. The molecule has 0 saturated heterocycles. The summed E-state index contributed by atoms with van der Waals surface area (Å²) in [5, 5.41) is 12.3. The lowest BCUT2D eigenvalue weighted by molar-refractivity contribution is -0.118. The number of pyridine rings is 1. The minimum Gasteiger partial charge on any atom is -0.489 e. The Morgan fingerprint density at radius 2 is 1.92 bits per heavy atom. The second-order valence-corrected chi connectivity index (χ2v) is 10.2. The number of anilines is 1. The van der Waals surface area contributed by atoms with Crippen molar-refractivity contribution in [3.8, 4) is 5.75 Å². The third-order valence-corrected chi connectivity index (χ3v) is 6.99. The summed E-state index contributed by atoms with van der Waals surface area (Å²) in [6, 6.07) is 16.8. The highest BCUT2D eigenvalue weighted by molar-refractivity contribution is 7.08. The van der Waals surface area contributed by atoms with Crippen LogP contribution in [0, 0.1) is 6.92 Å². The van der Waals surface area contributed by atoms with E-state index in [1.165, 1.54) is 0 Å². The SMILES string of the molecule is Cc1cc(COc2ccc(C(=O)NC(Cc3n[nH]c(=O)s3)C(=O)Nc3ccccc3)cc2)c2c(n1)CCC=C2. The third kappa shape index (κ3) is 6.66. The summed E-state index contributed by atoms with van der Waals surface area (Å²) in [7, 11) is 0. The fraction of sp³-hybridized carbons (Fsp3) is 0.207. The number of aromatic nitrogens is 3. The number of carbonyl (C=O) groups is 2. The van der Waals surface area contributed by atoms with Crippen LogP contribution in [0.4, 0.5) is 5.69 Å². The Kier molecular flexibility index (Phi) is 7.93. The summed E-state index contributed by atoms with van der Waals surface area (Å²) in [5.74, 6) is -0.224. The van der Waals surface area contributed by atoms with E-state index in [0.29, 0.717) is 28.6 Å². The van der Waals surface area contributed by atoms with Gasteiger partial charge in [-0.25, -0.2) is 5.10 Å². The molecular formula is C29H27N5O4S. The largest absolute Gasteiger partial charge is 0.489 e. The number of nitrogens with one attached hydrogen (secondary N) is 3. The number of hydrogen-bond donors (Lipinski definition) is 3. The lowest BCUT2D eigenvalue weighted by atomic mass is 9.97. The minimum absolute atomic E-state index is 0.0686. The Labute approximate surface area is 229 Å². The van der Waals surface area contributed by atoms with Gasteiger partial charge in [0.25, 0.3) is 5.91 Å². The van der Waals surface area contributed by atoms with Gasteiger partial charge >= 0.3 is 4.87 Å². The molecule has 5 rings (SSSR count). The van der Waals surface area contributed by atoms with Gasteiger partial charge < -0.3 is 15.4 Å². The molecule has 0 spiro atoms. The van der Waals surface area contributed by atoms with Crippen LogP contribution in [-0.2, 0) is 24.2 Å². The predicted molar refractivity (Wildman–Crippen MR) is 150 cm³/mol. The molecule has 2 amide bonds. The molecule has 1 atom stereocenters. The summed E-state index contributed by atoms with van der Waals surface area (Å²) in [6.45, 7) is 2.37. The van der Waals surface area contributed by atoms with Crippen LogP contribution in [0.2, 0.25) is 0 Å². The zero-order valence-corrected chi connectivity index (χ0v) is 22.1. The van der Waals surface area contributed by atoms with Gasteiger partial charge in [0, 0.05) is 40.2 Å². The van der Waals surface area contributed by atoms with E-state index in [-0.39, 0.29) is 11.3 Å². The Morgan fingerprint density at radius 3 is 2.67 bits per heavy atom. The van der Waals surface area contributed by atoms with Gasteiger partial charge in [0.1, 0.15) is 23.4 Å². The molecule has 1 unspecified atom stereocenters. The van der Waals surface area contributed by atoms with Gasteiger partial charge in [-0.05, 0) is 62.2 Å². The van der Waals surface area contributed by atoms with Crippen molar-refractivity contribution in [2.75, 3.05) is 5.32 Å². The maximum Gasteiger partial charge on any atom is 0.322 e. The zero-order chi connectivity index (χ0) is 27.2. The van der Waals surface area contributed by atoms with Crippen LogP contribution in [0.5, 0.6) is 5.75 Å². The van der Waals surface area contributed by atoms with E-state index in [1.54, 1.807) is 48.5 Å². The van der Waals surface area contributed by atoms with E-state index < -0.39 is 17.9 Å². The first-order valence-electron chi connectivity index (χ1n) is 12.5. The number of fused-ring (bicyclic) bond motifs is 1. The van der Waals surface area contributed by atoms with Crippen molar-refractivity contribution in [3.63, 3.8) is 0 Å². The topological polar surface area (TPSA) is 126 Å². The number of aromatic amines is 1. The van der Waals surface area contributed by atoms with Gasteiger partial charge in [-0.2, -0.15) is 5.10 Å². The number of para-hydroxylation sites is 1. The molecule has 2 heterocycles. The lowest BCUT2D eigenvalue weighted by Gasteiger charge is -2.18. The van der Waals surface area contributed by atoms with Crippen molar-refractivity contribution in [3.05, 3.63) is 109 Å². The molecule has 0 radical (unpaired) electrons. The van der Waals surface area contributed by atoms with E-state index in [2.05, 4.69) is 38.0 Å². The number of rotatable bonds is 9. The number of H-pyrrole nitrogens is 1. The number of carbonyl (C=O) groups excluding carboxylic acids is 2. The normalized spacial score (nSPS) is 12.8. The van der Waals surface area contributed by atoms with E-state index in [1.807, 2.05) is 19.1 Å². The average Bonchev–Trinajstić information content (AvgIpc) is 3.36. The molecular weight excluding hydrogens is 514 g/mol. The van der Waals surface area contributed by atoms with Crippen molar-refractivity contribution in [1.82, 2.24) is 20.5 Å². The van der Waals surface area contributed by atoms with E-state index in [0.717, 1.165) is 46.7 Å². The fourth-order valence-corrected chi connectivity index (χ4v) is 4.99. The number of hydrogen-bond acceptors (Lipinski definition) is 7. The standard InChI is InChI=1S/C29H27N5O4S/c1-18-15-20(23-9-5-6-10-24(23)30-18)17-38-22-13-11-19(12-14-22)27(35)32-25(16-26-33-34-29(37)39-26)28(36)31-21-7-3-2-4-8-21/h2-5,7-9,11-15,25H,6,10,16-17H2,1H3,(H,31,36)(H,32,35)(H,34,37). The average molecular weight is 542 g/mol. The van der Waals surface area contributed by atoms with Gasteiger partial charge in [0.05, 0.1) is 0 Å². The molecule has 0 fully saturated rings. The second-order valence-electron chi connectivity index (χ2n) is 9.13.